The molecule has 2 heterocycles. The number of aromatic nitrogens is 1. The van der Waals surface area contributed by atoms with Crippen molar-refractivity contribution in [3.05, 3.63) is 23.9 Å². The molecule has 0 atom stereocenters. The summed E-state index contributed by atoms with van der Waals surface area (Å²) in [5, 5.41) is 0. The van der Waals surface area contributed by atoms with Gasteiger partial charge in [0.1, 0.15) is 11.4 Å². The van der Waals surface area contributed by atoms with Gasteiger partial charge in [0.05, 0.1) is 0 Å². The van der Waals surface area contributed by atoms with Crippen LogP contribution < -0.4 is 4.90 Å². The Morgan fingerprint density at radius 2 is 1.92 bits per heavy atom. The normalized spacial score (nSPS) is 19.0. The van der Waals surface area contributed by atoms with Crippen LogP contribution >= 0.6 is 0 Å². The Bertz CT molecular complexity index is 657. The summed E-state index contributed by atoms with van der Waals surface area (Å²) < 4.78 is 5.76. The van der Waals surface area contributed by atoms with Gasteiger partial charge in [0.15, 0.2) is 0 Å². The first kappa shape index (κ1) is 18.9. The molecule has 0 saturated heterocycles. The van der Waals surface area contributed by atoms with E-state index in [0.29, 0.717) is 5.82 Å². The summed E-state index contributed by atoms with van der Waals surface area (Å²) in [4.78, 5) is 24.3. The summed E-state index contributed by atoms with van der Waals surface area (Å²) in [6, 6.07) is 4.13. The minimum Gasteiger partial charge on any atom is -0.443 e. The van der Waals surface area contributed by atoms with Crippen molar-refractivity contribution in [2.75, 3.05) is 11.4 Å². The lowest BCUT2D eigenvalue weighted by Crippen LogP contribution is -2.45. The Morgan fingerprint density at radius 3 is 2.58 bits per heavy atom. The Balaban J connectivity index is 1.98. The third-order valence-electron chi connectivity index (χ3n) is 4.98. The van der Waals surface area contributed by atoms with Gasteiger partial charge >= 0.3 is 6.09 Å². The minimum absolute atomic E-state index is 0.149. The first-order chi connectivity index (χ1) is 12.5. The van der Waals surface area contributed by atoms with Crippen LogP contribution in [-0.4, -0.2) is 35.0 Å². The van der Waals surface area contributed by atoms with Crippen LogP contribution in [0.2, 0.25) is 0 Å². The summed E-state index contributed by atoms with van der Waals surface area (Å²) in [5.41, 5.74) is 1.54. The van der Waals surface area contributed by atoms with Crippen molar-refractivity contribution in [3.8, 4) is 0 Å². The topological polar surface area (TPSA) is 54.8 Å². The lowest BCUT2D eigenvalue weighted by molar-refractivity contribution is 0.0556. The Hall–Kier alpha value is -1.91. The molecule has 3 rings (SSSR count). The summed E-state index contributed by atoms with van der Waals surface area (Å²) in [5.74, 6) is 0.717. The van der Waals surface area contributed by atoms with Gasteiger partial charge in [-0.05, 0) is 65.0 Å². The van der Waals surface area contributed by atoms with Crippen LogP contribution in [0.3, 0.4) is 0 Å². The highest BCUT2D eigenvalue weighted by atomic mass is 16.6. The summed E-state index contributed by atoms with van der Waals surface area (Å²) in [6.07, 6.45) is 10.2. The average molecular weight is 357 g/mol. The van der Waals surface area contributed by atoms with Crippen LogP contribution in [0.5, 0.6) is 0 Å². The van der Waals surface area contributed by atoms with Crippen LogP contribution in [0.25, 0.3) is 0 Å². The van der Waals surface area contributed by atoms with E-state index in [1.807, 2.05) is 37.8 Å². The maximum atomic E-state index is 13.1. The lowest BCUT2D eigenvalue weighted by atomic mass is 9.93. The van der Waals surface area contributed by atoms with E-state index in [9.17, 15) is 4.79 Å². The fraction of sp³-hybridized carbons (Fsp3) is 0.667. The summed E-state index contributed by atoms with van der Waals surface area (Å²) in [7, 11) is 0. The van der Waals surface area contributed by atoms with Crippen LogP contribution in [0.1, 0.15) is 77.7 Å². The van der Waals surface area contributed by atoms with Crippen molar-refractivity contribution in [3.63, 3.8) is 0 Å². The van der Waals surface area contributed by atoms with Crippen LogP contribution in [0.4, 0.5) is 10.6 Å². The van der Waals surface area contributed by atoms with Crippen LogP contribution in [0, 0.1) is 0 Å². The quantitative estimate of drug-likeness (QED) is 0.753. The van der Waals surface area contributed by atoms with Crippen LogP contribution in [-0.2, 0) is 4.74 Å². The highest BCUT2D eigenvalue weighted by molar-refractivity contribution is 6.07. The molecule has 0 spiro atoms. The predicted octanol–water partition coefficient (Wildman–Crippen LogP) is 5.13. The maximum Gasteiger partial charge on any atom is 0.416 e. The second-order valence-electron chi connectivity index (χ2n) is 8.30. The number of hydrogen-bond donors (Lipinski definition) is 0. The largest absolute Gasteiger partial charge is 0.443 e. The summed E-state index contributed by atoms with van der Waals surface area (Å²) >= 11 is 0. The van der Waals surface area contributed by atoms with Gasteiger partial charge in [0.2, 0.25) is 0 Å². The Morgan fingerprint density at radius 1 is 1.15 bits per heavy atom. The number of nitrogens with zero attached hydrogens (tertiary/aromatic N) is 3. The first-order valence-electron chi connectivity index (χ1n) is 9.96. The molecule has 142 valence electrons. The van der Waals surface area contributed by atoms with Crippen molar-refractivity contribution >= 4 is 17.6 Å². The molecule has 1 aliphatic heterocycles. The van der Waals surface area contributed by atoms with Gasteiger partial charge in [-0.2, -0.15) is 0 Å². The number of carbonyl (C=O) groups is 1. The molecule has 1 aliphatic carbocycles. The zero-order valence-corrected chi connectivity index (χ0v) is 16.3. The molecule has 2 aliphatic rings. The Labute approximate surface area is 156 Å². The molecule has 0 unspecified atom stereocenters. The van der Waals surface area contributed by atoms with E-state index in [-0.39, 0.29) is 12.1 Å². The zero-order chi connectivity index (χ0) is 18.6. The molecular weight excluding hydrogens is 326 g/mol. The predicted molar refractivity (Wildman–Crippen MR) is 105 cm³/mol. The van der Waals surface area contributed by atoms with Gasteiger partial charge in [-0.1, -0.05) is 19.3 Å². The number of anilines is 1. The number of hydrogen-bond acceptors (Lipinski definition) is 4. The van der Waals surface area contributed by atoms with Gasteiger partial charge in [-0.25, -0.2) is 9.78 Å². The molecule has 0 N–H and O–H groups in total. The molecule has 0 radical (unpaired) electrons. The van der Waals surface area contributed by atoms with Gasteiger partial charge in [0.25, 0.3) is 0 Å². The van der Waals surface area contributed by atoms with Crippen molar-refractivity contribution in [1.82, 2.24) is 4.98 Å². The van der Waals surface area contributed by atoms with Crippen molar-refractivity contribution in [2.24, 2.45) is 4.99 Å². The average Bonchev–Trinajstić information content (AvgIpc) is 2.62. The van der Waals surface area contributed by atoms with E-state index in [1.165, 1.54) is 6.42 Å². The molecule has 1 fully saturated rings. The fourth-order valence-electron chi connectivity index (χ4n) is 3.79. The number of rotatable bonds is 3. The number of amides is 1. The lowest BCUT2D eigenvalue weighted by Gasteiger charge is -2.36. The standard InChI is InChI=1S/C21H31N3O2/c1-21(2,3)26-20(25)24(16-10-5-4-6-11-16)19-17(12-9-15-23-19)18-13-7-8-14-22-18/h9,12,15-16H,4-8,10-11,13-14H2,1-3H3. The zero-order valence-electron chi connectivity index (χ0n) is 16.3. The first-order valence-corrected chi connectivity index (χ1v) is 9.96. The molecule has 1 amide bonds. The van der Waals surface area contributed by atoms with Gasteiger partial charge in [0, 0.05) is 30.1 Å². The van der Waals surface area contributed by atoms with E-state index in [0.717, 1.165) is 62.8 Å². The van der Waals surface area contributed by atoms with Gasteiger partial charge in [-0.3, -0.25) is 9.89 Å². The van der Waals surface area contributed by atoms with Gasteiger partial charge in [-0.15, -0.1) is 0 Å². The van der Waals surface area contributed by atoms with Crippen molar-refractivity contribution in [2.45, 2.75) is 83.8 Å². The maximum absolute atomic E-state index is 13.1. The second kappa shape index (κ2) is 8.19. The Kier molecular flexibility index (Phi) is 5.94. The van der Waals surface area contributed by atoms with Crippen molar-refractivity contribution < 1.29 is 9.53 Å². The van der Waals surface area contributed by atoms with E-state index in [4.69, 9.17) is 9.73 Å². The molecular formula is C21H31N3O2. The molecule has 1 aromatic rings. The van der Waals surface area contributed by atoms with E-state index < -0.39 is 5.60 Å². The molecule has 5 nitrogen and oxygen atoms in total. The number of ether oxygens (including phenoxy) is 1. The van der Waals surface area contributed by atoms with Gasteiger partial charge < -0.3 is 4.74 Å². The van der Waals surface area contributed by atoms with E-state index >= 15 is 0 Å². The van der Waals surface area contributed by atoms with Crippen LogP contribution in [0.15, 0.2) is 23.3 Å². The number of pyridine rings is 1. The SMILES string of the molecule is CC(C)(C)OC(=O)N(c1ncccc1C1=NCCCC1)C1CCCCC1. The second-order valence-corrected chi connectivity index (χ2v) is 8.30. The highest BCUT2D eigenvalue weighted by Gasteiger charge is 2.33. The van der Waals surface area contributed by atoms with E-state index in [1.54, 1.807) is 6.20 Å². The summed E-state index contributed by atoms with van der Waals surface area (Å²) in [6.45, 7) is 6.59. The number of aliphatic imine (C=N–C) groups is 1. The molecule has 5 heteroatoms. The van der Waals surface area contributed by atoms with Crippen molar-refractivity contribution in [1.29, 1.82) is 0 Å². The molecule has 26 heavy (non-hydrogen) atoms. The monoisotopic (exact) mass is 357 g/mol. The smallest absolute Gasteiger partial charge is 0.416 e. The molecule has 1 saturated carbocycles. The third-order valence-corrected chi connectivity index (χ3v) is 4.98. The third kappa shape index (κ3) is 4.63. The molecule has 0 aromatic carbocycles. The van der Waals surface area contributed by atoms with E-state index in [2.05, 4.69) is 4.98 Å². The fourth-order valence-corrected chi connectivity index (χ4v) is 3.79. The number of carbonyl (C=O) groups excluding carboxylic acids is 1. The highest BCUT2D eigenvalue weighted by Crippen LogP contribution is 2.31. The molecule has 0 bridgehead atoms. The minimum atomic E-state index is -0.526. The molecule has 1 aromatic heterocycles.